The number of carbonyl (C=O) groups excluding carboxylic acids is 1. The molecule has 3 nitrogen and oxygen atoms in total. The van der Waals surface area contributed by atoms with Crippen molar-refractivity contribution >= 4 is 22.3 Å². The van der Waals surface area contributed by atoms with Crippen LogP contribution in [0.2, 0.25) is 0 Å². The van der Waals surface area contributed by atoms with Crippen LogP contribution in [0.25, 0.3) is 11.3 Å². The highest BCUT2D eigenvalue weighted by Crippen LogP contribution is 2.33. The van der Waals surface area contributed by atoms with Crippen LogP contribution in [-0.2, 0) is 13.0 Å². The number of benzene rings is 3. The molecule has 156 valence electrons. The zero-order chi connectivity index (χ0) is 21.8. The van der Waals surface area contributed by atoms with Gasteiger partial charge in [0.25, 0.3) is 0 Å². The number of ketones is 1. The Morgan fingerprint density at radius 2 is 1.71 bits per heavy atom. The van der Waals surface area contributed by atoms with E-state index in [1.807, 2.05) is 42.5 Å². The van der Waals surface area contributed by atoms with E-state index in [0.29, 0.717) is 22.8 Å². The first-order chi connectivity index (χ1) is 15.0. The average Bonchev–Trinajstić information content (AvgIpc) is 3.19. The van der Waals surface area contributed by atoms with Gasteiger partial charge >= 0.3 is 0 Å². The van der Waals surface area contributed by atoms with Crippen molar-refractivity contribution in [2.24, 2.45) is 0 Å². The Balaban J connectivity index is 1.60. The van der Waals surface area contributed by atoms with E-state index in [9.17, 15) is 13.6 Å². The highest BCUT2D eigenvalue weighted by Gasteiger charge is 2.16. The zero-order valence-corrected chi connectivity index (χ0v) is 17.7. The molecule has 0 amide bonds. The summed E-state index contributed by atoms with van der Waals surface area (Å²) in [6.45, 7) is 2.07. The Morgan fingerprint density at radius 1 is 0.968 bits per heavy atom. The number of thiazole rings is 1. The van der Waals surface area contributed by atoms with E-state index in [1.54, 1.807) is 18.2 Å². The van der Waals surface area contributed by atoms with Gasteiger partial charge in [-0.25, -0.2) is 13.8 Å². The first-order valence-electron chi connectivity index (χ1n) is 9.83. The molecule has 1 aromatic heterocycles. The highest BCUT2D eigenvalue weighted by molar-refractivity contribution is 7.16. The molecule has 6 heteroatoms. The van der Waals surface area contributed by atoms with Crippen LogP contribution in [-0.4, -0.2) is 10.8 Å². The van der Waals surface area contributed by atoms with Crippen molar-refractivity contribution in [1.29, 1.82) is 0 Å². The maximum atomic E-state index is 14.3. The minimum atomic E-state index is -0.851. The number of Topliss-reactive ketones (excluding diaryl/α,β-unsaturated/α-hetero) is 1. The summed E-state index contributed by atoms with van der Waals surface area (Å²) in [6.07, 6.45) is 0.250. The molecule has 1 heterocycles. The van der Waals surface area contributed by atoms with Crippen molar-refractivity contribution in [1.82, 2.24) is 4.98 Å². The summed E-state index contributed by atoms with van der Waals surface area (Å²) in [6, 6.07) is 21.3. The summed E-state index contributed by atoms with van der Waals surface area (Å²) in [5.74, 6) is -1.65. The monoisotopic (exact) mass is 434 g/mol. The fourth-order valence-electron chi connectivity index (χ4n) is 3.26. The van der Waals surface area contributed by atoms with Crippen molar-refractivity contribution in [2.45, 2.75) is 19.9 Å². The Hall–Kier alpha value is -3.38. The fraction of sp³-hybridized carbons (Fsp3) is 0.120. The lowest BCUT2D eigenvalue weighted by Crippen LogP contribution is -2.00. The van der Waals surface area contributed by atoms with Crippen molar-refractivity contribution in [2.75, 3.05) is 5.32 Å². The van der Waals surface area contributed by atoms with Gasteiger partial charge in [-0.2, -0.15) is 0 Å². The predicted molar refractivity (Wildman–Crippen MR) is 120 cm³/mol. The molecule has 0 radical (unpaired) electrons. The molecule has 0 aliphatic rings. The number of rotatable bonds is 7. The highest BCUT2D eigenvalue weighted by atomic mass is 32.1. The van der Waals surface area contributed by atoms with Crippen molar-refractivity contribution < 1.29 is 13.6 Å². The summed E-state index contributed by atoms with van der Waals surface area (Å²) in [4.78, 5) is 17.0. The molecule has 0 saturated carbocycles. The number of anilines is 1. The predicted octanol–water partition coefficient (Wildman–Crippen LogP) is 6.49. The summed E-state index contributed by atoms with van der Waals surface area (Å²) in [5, 5.41) is 4.00. The molecule has 4 aromatic rings. The second-order valence-electron chi connectivity index (χ2n) is 7.15. The SMILES string of the molecule is CC(=O)c1ccc(CNc2nc(-c3ccccc3)c(Cc3cccc(F)c3F)s2)cc1. The second kappa shape index (κ2) is 9.18. The number of hydrogen-bond donors (Lipinski definition) is 1. The van der Waals surface area contributed by atoms with E-state index in [2.05, 4.69) is 5.32 Å². The molecule has 0 saturated heterocycles. The van der Waals surface area contributed by atoms with Crippen molar-refractivity contribution in [3.05, 3.63) is 106 Å². The number of nitrogens with one attached hydrogen (secondary N) is 1. The van der Waals surface area contributed by atoms with Crippen LogP contribution in [0.5, 0.6) is 0 Å². The van der Waals surface area contributed by atoms with Gasteiger partial charge in [-0.1, -0.05) is 66.7 Å². The number of nitrogens with zero attached hydrogens (tertiary/aromatic N) is 1. The lowest BCUT2D eigenvalue weighted by Gasteiger charge is -2.04. The Bertz CT molecular complexity index is 1200. The quantitative estimate of drug-likeness (QED) is 0.338. The van der Waals surface area contributed by atoms with Gasteiger partial charge in [0.1, 0.15) is 0 Å². The van der Waals surface area contributed by atoms with Crippen LogP contribution in [0.4, 0.5) is 13.9 Å². The Labute approximate surface area is 183 Å². The molecule has 0 atom stereocenters. The molecule has 31 heavy (non-hydrogen) atoms. The maximum absolute atomic E-state index is 14.3. The fourth-order valence-corrected chi connectivity index (χ4v) is 4.26. The van der Waals surface area contributed by atoms with Gasteiger partial charge in [0, 0.05) is 29.0 Å². The van der Waals surface area contributed by atoms with E-state index < -0.39 is 11.6 Å². The largest absolute Gasteiger partial charge is 0.357 e. The molecule has 0 bridgehead atoms. The number of aromatic nitrogens is 1. The van der Waals surface area contributed by atoms with Gasteiger partial charge < -0.3 is 5.32 Å². The van der Waals surface area contributed by atoms with Gasteiger partial charge in [0.2, 0.25) is 0 Å². The van der Waals surface area contributed by atoms with Crippen LogP contribution >= 0.6 is 11.3 Å². The normalized spacial score (nSPS) is 10.8. The smallest absolute Gasteiger partial charge is 0.183 e. The first kappa shape index (κ1) is 20.9. The summed E-state index contributed by atoms with van der Waals surface area (Å²) >= 11 is 1.43. The van der Waals surface area contributed by atoms with E-state index in [-0.39, 0.29) is 12.2 Å². The van der Waals surface area contributed by atoms with Crippen LogP contribution in [0.3, 0.4) is 0 Å². The topological polar surface area (TPSA) is 42.0 Å². The Morgan fingerprint density at radius 3 is 2.42 bits per heavy atom. The van der Waals surface area contributed by atoms with Crippen LogP contribution in [0, 0.1) is 11.6 Å². The van der Waals surface area contributed by atoms with E-state index >= 15 is 0 Å². The van der Waals surface area contributed by atoms with Gasteiger partial charge in [0.05, 0.1) is 5.69 Å². The molecule has 0 aliphatic heterocycles. The summed E-state index contributed by atoms with van der Waals surface area (Å²) < 4.78 is 27.9. The van der Waals surface area contributed by atoms with E-state index in [1.165, 1.54) is 24.3 Å². The minimum absolute atomic E-state index is 0.0289. The second-order valence-corrected chi connectivity index (χ2v) is 8.24. The Kier molecular flexibility index (Phi) is 6.18. The molecule has 0 fully saturated rings. The van der Waals surface area contributed by atoms with Gasteiger partial charge in [-0.05, 0) is 24.1 Å². The molecule has 4 rings (SSSR count). The first-order valence-corrected chi connectivity index (χ1v) is 10.6. The van der Waals surface area contributed by atoms with Crippen molar-refractivity contribution in [3.8, 4) is 11.3 Å². The summed E-state index contributed by atoms with van der Waals surface area (Å²) in [7, 11) is 0. The molecular weight excluding hydrogens is 414 g/mol. The van der Waals surface area contributed by atoms with E-state index in [4.69, 9.17) is 4.98 Å². The molecular formula is C25H20F2N2OS. The van der Waals surface area contributed by atoms with Gasteiger partial charge in [-0.15, -0.1) is 11.3 Å². The third-order valence-electron chi connectivity index (χ3n) is 4.93. The standard InChI is InChI=1S/C25H20F2N2OS/c1-16(30)18-12-10-17(11-13-18)15-28-25-29-24(19-6-3-2-4-7-19)22(31-25)14-20-8-5-9-21(26)23(20)27/h2-13H,14-15H2,1H3,(H,28,29). The molecule has 3 aromatic carbocycles. The van der Waals surface area contributed by atoms with Gasteiger partial charge in [-0.3, -0.25) is 4.79 Å². The lowest BCUT2D eigenvalue weighted by molar-refractivity contribution is 0.101. The molecule has 0 unspecified atom stereocenters. The van der Waals surface area contributed by atoms with Crippen molar-refractivity contribution in [3.63, 3.8) is 0 Å². The van der Waals surface area contributed by atoms with Crippen LogP contribution in [0.1, 0.15) is 33.3 Å². The zero-order valence-electron chi connectivity index (χ0n) is 16.9. The maximum Gasteiger partial charge on any atom is 0.183 e. The van der Waals surface area contributed by atoms with Gasteiger partial charge in [0.15, 0.2) is 22.5 Å². The molecule has 1 N–H and O–H groups in total. The molecule has 0 spiro atoms. The van der Waals surface area contributed by atoms with Crippen LogP contribution in [0.15, 0.2) is 72.8 Å². The van der Waals surface area contributed by atoms with E-state index in [0.717, 1.165) is 27.8 Å². The lowest BCUT2D eigenvalue weighted by atomic mass is 10.1. The molecule has 0 aliphatic carbocycles. The van der Waals surface area contributed by atoms with Crippen LogP contribution < -0.4 is 5.32 Å². The number of halogens is 2. The number of hydrogen-bond acceptors (Lipinski definition) is 4. The average molecular weight is 435 g/mol. The number of carbonyl (C=O) groups is 1. The third kappa shape index (κ3) is 4.86. The third-order valence-corrected chi connectivity index (χ3v) is 5.94. The minimum Gasteiger partial charge on any atom is -0.357 e. The summed E-state index contributed by atoms with van der Waals surface area (Å²) in [5.41, 5.74) is 3.66.